The Morgan fingerprint density at radius 2 is 1.90 bits per heavy atom. The summed E-state index contributed by atoms with van der Waals surface area (Å²) >= 11 is 0. The molecule has 1 aromatic rings. The Balaban J connectivity index is 2.16. The molecule has 110 valence electrons. The van der Waals surface area contributed by atoms with Crippen LogP contribution in [-0.2, 0) is 11.2 Å². The maximum Gasteiger partial charge on any atom is 0.144 e. The zero-order valence-electron chi connectivity index (χ0n) is 12.3. The number of rotatable bonds is 4. The van der Waals surface area contributed by atoms with Crippen molar-refractivity contribution in [2.45, 2.75) is 51.9 Å². The first-order valence-corrected chi connectivity index (χ1v) is 7.56. The number of ketones is 1. The van der Waals surface area contributed by atoms with Gasteiger partial charge in [-0.25, -0.2) is 4.39 Å². The Labute approximate surface area is 120 Å². The van der Waals surface area contributed by atoms with E-state index in [1.165, 1.54) is 25.0 Å². The molecule has 2 rings (SSSR count). The molecule has 1 aliphatic rings. The van der Waals surface area contributed by atoms with Crippen molar-refractivity contribution in [3.63, 3.8) is 0 Å². The van der Waals surface area contributed by atoms with E-state index in [0.29, 0.717) is 13.0 Å². The Bertz CT molecular complexity index is 476. The van der Waals surface area contributed by atoms with Crippen LogP contribution in [0.1, 0.15) is 49.7 Å². The van der Waals surface area contributed by atoms with Crippen LogP contribution in [0.5, 0.6) is 0 Å². The minimum Gasteiger partial charge on any atom is -0.329 e. The molecule has 0 aliphatic heterocycles. The summed E-state index contributed by atoms with van der Waals surface area (Å²) in [7, 11) is 0. The Kier molecular flexibility index (Phi) is 4.92. The summed E-state index contributed by atoms with van der Waals surface area (Å²) in [6, 6.07) is 4.64. The lowest BCUT2D eigenvalue weighted by Crippen LogP contribution is -2.39. The van der Waals surface area contributed by atoms with Gasteiger partial charge in [-0.05, 0) is 43.0 Å². The molecule has 20 heavy (non-hydrogen) atoms. The van der Waals surface area contributed by atoms with Crippen molar-refractivity contribution in [3.05, 3.63) is 35.1 Å². The van der Waals surface area contributed by atoms with E-state index in [1.54, 1.807) is 6.07 Å². The van der Waals surface area contributed by atoms with Gasteiger partial charge < -0.3 is 5.73 Å². The molecule has 1 aromatic carbocycles. The van der Waals surface area contributed by atoms with Crippen molar-refractivity contribution >= 4 is 5.78 Å². The summed E-state index contributed by atoms with van der Waals surface area (Å²) in [5.74, 6) is -0.0155. The quantitative estimate of drug-likeness (QED) is 0.855. The van der Waals surface area contributed by atoms with Crippen molar-refractivity contribution < 1.29 is 9.18 Å². The largest absolute Gasteiger partial charge is 0.329 e. The average Bonchev–Trinajstić information content (AvgIpc) is 2.68. The zero-order chi connectivity index (χ0) is 14.6. The number of aryl methyl sites for hydroxylation is 1. The van der Waals surface area contributed by atoms with Crippen LogP contribution in [0.2, 0.25) is 0 Å². The van der Waals surface area contributed by atoms with E-state index in [4.69, 9.17) is 5.73 Å². The highest BCUT2D eigenvalue weighted by Gasteiger charge is 2.36. The predicted molar refractivity (Wildman–Crippen MR) is 79.0 cm³/mol. The Morgan fingerprint density at radius 3 is 2.45 bits per heavy atom. The number of halogens is 1. The smallest absolute Gasteiger partial charge is 0.144 e. The number of hydrogen-bond donors (Lipinski definition) is 1. The van der Waals surface area contributed by atoms with Gasteiger partial charge >= 0.3 is 0 Å². The number of nitrogens with two attached hydrogens (primary N) is 1. The number of carbonyl (C=O) groups excluding carboxylic acids is 1. The standard InChI is InChI=1S/C17H24FNO/c1-13-10-15(18)7-6-14(13)11-16(20)17(12-19)8-4-2-3-5-9-17/h6-7,10H,2-5,8-9,11-12,19H2,1H3. The molecular weight excluding hydrogens is 253 g/mol. The van der Waals surface area contributed by atoms with Crippen LogP contribution in [-0.4, -0.2) is 12.3 Å². The highest BCUT2D eigenvalue weighted by atomic mass is 19.1. The van der Waals surface area contributed by atoms with Gasteiger partial charge in [-0.1, -0.05) is 31.7 Å². The van der Waals surface area contributed by atoms with E-state index in [2.05, 4.69) is 0 Å². The minimum absolute atomic E-state index is 0.233. The van der Waals surface area contributed by atoms with Crippen LogP contribution in [0.4, 0.5) is 4.39 Å². The van der Waals surface area contributed by atoms with E-state index < -0.39 is 0 Å². The third-order valence-electron chi connectivity index (χ3n) is 4.70. The fourth-order valence-electron chi connectivity index (χ4n) is 3.22. The van der Waals surface area contributed by atoms with Gasteiger partial charge in [0.1, 0.15) is 11.6 Å². The lowest BCUT2D eigenvalue weighted by Gasteiger charge is -2.30. The summed E-state index contributed by atoms with van der Waals surface area (Å²) in [4.78, 5) is 12.7. The molecule has 0 atom stereocenters. The number of benzene rings is 1. The number of carbonyl (C=O) groups is 1. The molecule has 1 saturated carbocycles. The molecule has 0 heterocycles. The second-order valence-electron chi connectivity index (χ2n) is 6.07. The number of hydrogen-bond acceptors (Lipinski definition) is 2. The lowest BCUT2D eigenvalue weighted by atomic mass is 9.74. The molecule has 3 heteroatoms. The average molecular weight is 277 g/mol. The first kappa shape index (κ1) is 15.2. The second kappa shape index (κ2) is 6.49. The molecule has 0 amide bonds. The van der Waals surface area contributed by atoms with Crippen molar-refractivity contribution in [2.24, 2.45) is 11.1 Å². The SMILES string of the molecule is Cc1cc(F)ccc1CC(=O)C1(CN)CCCCCC1. The van der Waals surface area contributed by atoms with E-state index in [9.17, 15) is 9.18 Å². The van der Waals surface area contributed by atoms with Gasteiger partial charge in [0.15, 0.2) is 0 Å². The molecule has 0 saturated heterocycles. The van der Waals surface area contributed by atoms with Gasteiger partial charge in [-0.2, -0.15) is 0 Å². The summed E-state index contributed by atoms with van der Waals surface area (Å²) in [6.45, 7) is 2.29. The maximum atomic E-state index is 13.1. The second-order valence-corrected chi connectivity index (χ2v) is 6.07. The van der Waals surface area contributed by atoms with Crippen molar-refractivity contribution in [2.75, 3.05) is 6.54 Å². The zero-order valence-corrected chi connectivity index (χ0v) is 12.3. The van der Waals surface area contributed by atoms with Gasteiger partial charge in [0, 0.05) is 18.4 Å². The van der Waals surface area contributed by atoms with Crippen LogP contribution in [0.25, 0.3) is 0 Å². The van der Waals surface area contributed by atoms with E-state index in [-0.39, 0.29) is 17.0 Å². The summed E-state index contributed by atoms with van der Waals surface area (Å²) in [5, 5.41) is 0. The monoisotopic (exact) mass is 277 g/mol. The molecule has 2 nitrogen and oxygen atoms in total. The molecule has 1 fully saturated rings. The van der Waals surface area contributed by atoms with Crippen molar-refractivity contribution in [3.8, 4) is 0 Å². The van der Waals surface area contributed by atoms with Crippen LogP contribution in [0.3, 0.4) is 0 Å². The van der Waals surface area contributed by atoms with Crippen molar-refractivity contribution in [1.29, 1.82) is 0 Å². The van der Waals surface area contributed by atoms with Crippen LogP contribution >= 0.6 is 0 Å². The van der Waals surface area contributed by atoms with Gasteiger partial charge in [0.25, 0.3) is 0 Å². The number of Topliss-reactive ketones (excluding diaryl/α,β-unsaturated/α-hetero) is 1. The minimum atomic E-state index is -0.350. The predicted octanol–water partition coefficient (Wildman–Crippen LogP) is 3.55. The van der Waals surface area contributed by atoms with Crippen LogP contribution < -0.4 is 5.73 Å². The van der Waals surface area contributed by atoms with Gasteiger partial charge in [-0.15, -0.1) is 0 Å². The fraction of sp³-hybridized carbons (Fsp3) is 0.588. The molecule has 0 radical (unpaired) electrons. The van der Waals surface area contributed by atoms with Gasteiger partial charge in [-0.3, -0.25) is 4.79 Å². The van der Waals surface area contributed by atoms with Crippen LogP contribution in [0.15, 0.2) is 18.2 Å². The first-order chi connectivity index (χ1) is 9.57. The molecule has 2 N–H and O–H groups in total. The van der Waals surface area contributed by atoms with Gasteiger partial charge in [0.2, 0.25) is 0 Å². The summed E-state index contributed by atoms with van der Waals surface area (Å²) in [6.07, 6.45) is 6.76. The summed E-state index contributed by atoms with van der Waals surface area (Å²) < 4.78 is 13.1. The molecular formula is C17H24FNO. The molecule has 0 aromatic heterocycles. The highest BCUT2D eigenvalue weighted by molar-refractivity contribution is 5.87. The van der Waals surface area contributed by atoms with Crippen molar-refractivity contribution in [1.82, 2.24) is 0 Å². The Morgan fingerprint density at radius 1 is 1.25 bits per heavy atom. The molecule has 0 spiro atoms. The summed E-state index contributed by atoms with van der Waals surface area (Å²) in [5.41, 5.74) is 7.36. The lowest BCUT2D eigenvalue weighted by molar-refractivity contribution is -0.128. The first-order valence-electron chi connectivity index (χ1n) is 7.56. The molecule has 0 unspecified atom stereocenters. The normalized spacial score (nSPS) is 18.6. The maximum absolute atomic E-state index is 13.1. The highest BCUT2D eigenvalue weighted by Crippen LogP contribution is 2.36. The van der Waals surface area contributed by atoms with E-state index in [0.717, 1.165) is 36.8 Å². The third-order valence-corrected chi connectivity index (χ3v) is 4.70. The third kappa shape index (κ3) is 3.26. The molecule has 1 aliphatic carbocycles. The molecule has 0 bridgehead atoms. The van der Waals surface area contributed by atoms with E-state index in [1.807, 2.05) is 6.92 Å². The van der Waals surface area contributed by atoms with Gasteiger partial charge in [0.05, 0.1) is 0 Å². The fourth-order valence-corrected chi connectivity index (χ4v) is 3.22. The van der Waals surface area contributed by atoms with Crippen LogP contribution in [0, 0.1) is 18.2 Å². The Hall–Kier alpha value is -1.22. The van der Waals surface area contributed by atoms with E-state index >= 15 is 0 Å². The topological polar surface area (TPSA) is 43.1 Å².